The summed E-state index contributed by atoms with van der Waals surface area (Å²) in [6.45, 7) is 0. The van der Waals surface area contributed by atoms with Crippen LogP contribution in [-0.2, 0) is 0 Å². The Bertz CT molecular complexity index is 188. The molecular formula is C12H17. The second-order valence-corrected chi connectivity index (χ2v) is 3.84. The second-order valence-electron chi connectivity index (χ2n) is 3.84. The summed E-state index contributed by atoms with van der Waals surface area (Å²) in [7, 11) is 0. The molecule has 0 aromatic carbocycles. The molecule has 0 aromatic rings. The average Bonchev–Trinajstić information content (AvgIpc) is 2.21. The molecule has 1 atom stereocenters. The van der Waals surface area contributed by atoms with Crippen LogP contribution in [0, 0.1) is 11.8 Å². The van der Waals surface area contributed by atoms with Crippen molar-refractivity contribution in [2.45, 2.75) is 38.5 Å². The highest BCUT2D eigenvalue weighted by Crippen LogP contribution is 2.34. The maximum absolute atomic E-state index is 2.43. The summed E-state index contributed by atoms with van der Waals surface area (Å²) in [5.74, 6) is 2.59. The largest absolute Gasteiger partial charge is 0.0885 e. The van der Waals surface area contributed by atoms with E-state index in [1.165, 1.54) is 38.5 Å². The number of allylic oxidation sites excluding steroid dienone is 4. The van der Waals surface area contributed by atoms with Crippen LogP contribution in [0.15, 0.2) is 24.3 Å². The van der Waals surface area contributed by atoms with Crippen LogP contribution in [0.2, 0.25) is 0 Å². The predicted octanol–water partition coefficient (Wildman–Crippen LogP) is 3.66. The van der Waals surface area contributed by atoms with E-state index in [0.717, 1.165) is 5.92 Å². The number of rotatable bonds is 1. The third-order valence-electron chi connectivity index (χ3n) is 2.96. The Morgan fingerprint density at radius 3 is 2.75 bits per heavy atom. The molecule has 0 aliphatic heterocycles. The molecule has 2 aliphatic rings. The van der Waals surface area contributed by atoms with Crippen LogP contribution in [0.4, 0.5) is 0 Å². The lowest BCUT2D eigenvalue weighted by molar-refractivity contribution is 0.506. The molecule has 0 heteroatoms. The van der Waals surface area contributed by atoms with E-state index in [2.05, 4.69) is 24.3 Å². The highest BCUT2D eigenvalue weighted by molar-refractivity contribution is 5.14. The predicted molar refractivity (Wildman–Crippen MR) is 52.7 cm³/mol. The average molecular weight is 161 g/mol. The fourth-order valence-corrected chi connectivity index (χ4v) is 2.21. The van der Waals surface area contributed by atoms with Crippen molar-refractivity contribution < 1.29 is 0 Å². The summed E-state index contributed by atoms with van der Waals surface area (Å²) in [6, 6.07) is 0. The Morgan fingerprint density at radius 1 is 1.08 bits per heavy atom. The summed E-state index contributed by atoms with van der Waals surface area (Å²) < 4.78 is 0. The van der Waals surface area contributed by atoms with Crippen LogP contribution in [0.3, 0.4) is 0 Å². The van der Waals surface area contributed by atoms with Gasteiger partial charge >= 0.3 is 0 Å². The standard InChI is InChI=1S/C12H17/c1-3-7-11(8-4-1)12-9-5-2-6-10-12/h1,3,5,9,12H,2,4,6-8,10H2. The molecule has 0 N–H and O–H groups in total. The van der Waals surface area contributed by atoms with Gasteiger partial charge < -0.3 is 0 Å². The molecule has 1 unspecified atom stereocenters. The molecule has 2 aliphatic carbocycles. The molecule has 0 nitrogen and oxygen atoms in total. The van der Waals surface area contributed by atoms with Crippen molar-refractivity contribution >= 4 is 0 Å². The Hall–Kier alpha value is -0.520. The van der Waals surface area contributed by atoms with Gasteiger partial charge in [0, 0.05) is 0 Å². The summed E-state index contributed by atoms with van der Waals surface area (Å²) in [5.41, 5.74) is 0. The second kappa shape index (κ2) is 3.93. The highest BCUT2D eigenvalue weighted by Gasteiger charge is 2.20. The van der Waals surface area contributed by atoms with Crippen molar-refractivity contribution in [1.29, 1.82) is 0 Å². The maximum Gasteiger partial charge on any atom is -0.0132 e. The first-order valence-corrected chi connectivity index (χ1v) is 5.13. The van der Waals surface area contributed by atoms with Crippen LogP contribution >= 0.6 is 0 Å². The number of hydrogen-bond donors (Lipinski definition) is 0. The maximum atomic E-state index is 2.43. The SMILES string of the molecule is C1=CC([C]2CC=CCC2)CCC1. The molecule has 0 bridgehead atoms. The lowest BCUT2D eigenvalue weighted by Crippen LogP contribution is -2.13. The zero-order chi connectivity index (χ0) is 8.23. The Balaban J connectivity index is 1.94. The van der Waals surface area contributed by atoms with Crippen molar-refractivity contribution in [3.05, 3.63) is 30.2 Å². The first-order chi connectivity index (χ1) is 5.97. The van der Waals surface area contributed by atoms with Gasteiger partial charge in [-0.1, -0.05) is 24.3 Å². The van der Waals surface area contributed by atoms with Gasteiger partial charge in [-0.2, -0.15) is 0 Å². The minimum atomic E-state index is 0.823. The van der Waals surface area contributed by atoms with Gasteiger partial charge in [0.25, 0.3) is 0 Å². The molecule has 0 amide bonds. The zero-order valence-electron chi connectivity index (χ0n) is 7.63. The molecule has 1 radical (unpaired) electrons. The van der Waals surface area contributed by atoms with E-state index in [0.29, 0.717) is 0 Å². The van der Waals surface area contributed by atoms with Crippen LogP contribution in [0.1, 0.15) is 38.5 Å². The van der Waals surface area contributed by atoms with Crippen molar-refractivity contribution in [1.82, 2.24) is 0 Å². The van der Waals surface area contributed by atoms with Gasteiger partial charge in [-0.15, -0.1) is 0 Å². The van der Waals surface area contributed by atoms with Crippen molar-refractivity contribution in [2.24, 2.45) is 5.92 Å². The van der Waals surface area contributed by atoms with E-state index in [1.54, 1.807) is 5.92 Å². The van der Waals surface area contributed by atoms with Crippen LogP contribution in [-0.4, -0.2) is 0 Å². The first-order valence-electron chi connectivity index (χ1n) is 5.13. The Morgan fingerprint density at radius 2 is 2.08 bits per heavy atom. The van der Waals surface area contributed by atoms with Crippen LogP contribution in [0.25, 0.3) is 0 Å². The molecular weight excluding hydrogens is 144 g/mol. The molecule has 0 heterocycles. The lowest BCUT2D eigenvalue weighted by Gasteiger charge is -2.26. The monoisotopic (exact) mass is 161 g/mol. The van der Waals surface area contributed by atoms with E-state index in [1.807, 2.05) is 0 Å². The molecule has 0 fully saturated rings. The molecule has 2 rings (SSSR count). The van der Waals surface area contributed by atoms with E-state index < -0.39 is 0 Å². The van der Waals surface area contributed by atoms with E-state index in [4.69, 9.17) is 0 Å². The molecule has 0 saturated carbocycles. The third-order valence-corrected chi connectivity index (χ3v) is 2.96. The third kappa shape index (κ3) is 1.80. The minimum Gasteiger partial charge on any atom is -0.0885 e. The quantitative estimate of drug-likeness (QED) is 0.515. The Kier molecular flexibility index (Phi) is 2.65. The smallest absolute Gasteiger partial charge is 0.0132 e. The molecule has 0 aromatic heterocycles. The topological polar surface area (TPSA) is 0 Å². The molecule has 0 saturated heterocycles. The van der Waals surface area contributed by atoms with Crippen molar-refractivity contribution in [2.75, 3.05) is 0 Å². The summed E-state index contributed by atoms with van der Waals surface area (Å²) in [6.07, 6.45) is 17.4. The van der Waals surface area contributed by atoms with Gasteiger partial charge in [0.1, 0.15) is 0 Å². The molecule has 65 valence electrons. The zero-order valence-corrected chi connectivity index (χ0v) is 7.63. The molecule has 0 spiro atoms. The first kappa shape index (κ1) is 8.10. The van der Waals surface area contributed by atoms with Gasteiger partial charge in [0.15, 0.2) is 0 Å². The lowest BCUT2D eigenvalue weighted by atomic mass is 9.78. The van der Waals surface area contributed by atoms with Crippen LogP contribution < -0.4 is 0 Å². The summed E-state index contributed by atoms with van der Waals surface area (Å²) in [5, 5.41) is 0. The summed E-state index contributed by atoms with van der Waals surface area (Å²) >= 11 is 0. The summed E-state index contributed by atoms with van der Waals surface area (Å²) in [4.78, 5) is 0. The fraction of sp³-hybridized carbons (Fsp3) is 0.583. The van der Waals surface area contributed by atoms with Crippen LogP contribution in [0.5, 0.6) is 0 Å². The molecule has 12 heavy (non-hydrogen) atoms. The van der Waals surface area contributed by atoms with Gasteiger partial charge in [-0.25, -0.2) is 0 Å². The van der Waals surface area contributed by atoms with Crippen molar-refractivity contribution in [3.63, 3.8) is 0 Å². The number of hydrogen-bond acceptors (Lipinski definition) is 0. The van der Waals surface area contributed by atoms with E-state index in [9.17, 15) is 0 Å². The normalized spacial score (nSPS) is 30.8. The van der Waals surface area contributed by atoms with E-state index >= 15 is 0 Å². The fourth-order valence-electron chi connectivity index (χ4n) is 2.21. The van der Waals surface area contributed by atoms with Gasteiger partial charge in [-0.05, 0) is 50.4 Å². The van der Waals surface area contributed by atoms with Crippen molar-refractivity contribution in [3.8, 4) is 0 Å². The van der Waals surface area contributed by atoms with Gasteiger partial charge in [0.05, 0.1) is 0 Å². The highest BCUT2D eigenvalue weighted by atomic mass is 14.2. The Labute approximate surface area is 75.4 Å². The van der Waals surface area contributed by atoms with Gasteiger partial charge in [0.2, 0.25) is 0 Å². The van der Waals surface area contributed by atoms with E-state index in [-0.39, 0.29) is 0 Å². The minimum absolute atomic E-state index is 0.823. The van der Waals surface area contributed by atoms with Gasteiger partial charge in [-0.3, -0.25) is 0 Å².